The summed E-state index contributed by atoms with van der Waals surface area (Å²) in [6, 6.07) is 22.0. The number of hydrogen-bond acceptors (Lipinski definition) is 4. The maximum atomic E-state index is 13.9. The molecule has 0 saturated heterocycles. The topological polar surface area (TPSA) is 67.9 Å². The van der Waals surface area contributed by atoms with Crippen molar-refractivity contribution in [2.75, 3.05) is 13.7 Å². The van der Waals surface area contributed by atoms with Crippen LogP contribution in [0.25, 0.3) is 0 Å². The third-order valence-electron chi connectivity index (χ3n) is 7.42. The molecule has 1 N–H and O–H groups in total. The molecule has 218 valence electrons. The molecular formula is C33H38Cl2N2O4. The van der Waals surface area contributed by atoms with E-state index in [9.17, 15) is 9.59 Å². The van der Waals surface area contributed by atoms with Crippen LogP contribution in [0.1, 0.15) is 56.1 Å². The van der Waals surface area contributed by atoms with Crippen LogP contribution in [0.5, 0.6) is 11.5 Å². The van der Waals surface area contributed by atoms with Gasteiger partial charge in [-0.15, -0.1) is 0 Å². The Morgan fingerprint density at radius 1 is 0.902 bits per heavy atom. The van der Waals surface area contributed by atoms with Gasteiger partial charge < -0.3 is 19.7 Å². The molecule has 41 heavy (non-hydrogen) atoms. The van der Waals surface area contributed by atoms with Crippen LogP contribution < -0.4 is 14.8 Å². The summed E-state index contributed by atoms with van der Waals surface area (Å²) in [6.07, 6.45) is 6.49. The number of amides is 2. The van der Waals surface area contributed by atoms with E-state index in [0.717, 1.165) is 42.6 Å². The van der Waals surface area contributed by atoms with Crippen molar-refractivity contribution >= 4 is 35.0 Å². The van der Waals surface area contributed by atoms with Gasteiger partial charge in [0.2, 0.25) is 11.8 Å². The van der Waals surface area contributed by atoms with Gasteiger partial charge in [0.1, 0.15) is 17.5 Å². The highest BCUT2D eigenvalue weighted by atomic mass is 35.5. The van der Waals surface area contributed by atoms with E-state index in [1.54, 1.807) is 24.1 Å². The fourth-order valence-electron chi connectivity index (χ4n) is 5.16. The molecule has 1 atom stereocenters. The van der Waals surface area contributed by atoms with E-state index in [-0.39, 0.29) is 30.8 Å². The number of methoxy groups -OCH3 is 1. The van der Waals surface area contributed by atoms with Crippen LogP contribution in [0.4, 0.5) is 0 Å². The van der Waals surface area contributed by atoms with Gasteiger partial charge in [0.15, 0.2) is 0 Å². The van der Waals surface area contributed by atoms with E-state index in [1.165, 1.54) is 6.42 Å². The third-order valence-corrected chi connectivity index (χ3v) is 8.16. The maximum Gasteiger partial charge on any atom is 0.243 e. The lowest BCUT2D eigenvalue weighted by Gasteiger charge is -2.33. The summed E-state index contributed by atoms with van der Waals surface area (Å²) in [5.41, 5.74) is 1.80. The van der Waals surface area contributed by atoms with Crippen LogP contribution >= 0.6 is 23.2 Å². The zero-order valence-electron chi connectivity index (χ0n) is 23.5. The molecule has 1 saturated carbocycles. The molecule has 3 aromatic carbocycles. The van der Waals surface area contributed by atoms with Crippen LogP contribution in [-0.2, 0) is 22.6 Å². The van der Waals surface area contributed by atoms with E-state index < -0.39 is 6.04 Å². The molecule has 0 unspecified atom stereocenters. The Labute approximate surface area is 252 Å². The van der Waals surface area contributed by atoms with Gasteiger partial charge in [-0.05, 0) is 66.8 Å². The minimum Gasteiger partial charge on any atom is -0.497 e. The zero-order chi connectivity index (χ0) is 29.0. The van der Waals surface area contributed by atoms with Crippen molar-refractivity contribution in [1.82, 2.24) is 10.2 Å². The molecule has 0 heterocycles. The van der Waals surface area contributed by atoms with Gasteiger partial charge >= 0.3 is 0 Å². The van der Waals surface area contributed by atoms with Gasteiger partial charge in [0, 0.05) is 25.4 Å². The van der Waals surface area contributed by atoms with Gasteiger partial charge in [-0.3, -0.25) is 9.59 Å². The predicted molar refractivity (Wildman–Crippen MR) is 164 cm³/mol. The maximum absolute atomic E-state index is 13.9. The zero-order valence-corrected chi connectivity index (χ0v) is 25.0. The Hall–Kier alpha value is -3.22. The van der Waals surface area contributed by atoms with Gasteiger partial charge in [0.25, 0.3) is 0 Å². The molecule has 8 heteroatoms. The molecule has 3 aromatic rings. The number of carbonyl (C=O) groups excluding carboxylic acids is 2. The predicted octanol–water partition coefficient (Wildman–Crippen LogP) is 7.25. The van der Waals surface area contributed by atoms with Crippen LogP contribution in [0.2, 0.25) is 10.0 Å². The standard InChI is InChI=1S/C33H38Cl2N2O4/c1-40-27-15-17-28(18-16-27)41-20-8-13-32(38)37(23-25-14-19-29(34)30(35)21-25)31(22-24-9-4-2-5-10-24)33(39)36-26-11-6-3-7-12-26/h2,4-5,9-10,14-19,21,26,31H,3,6-8,11-13,20,22-23H2,1H3,(H,36,39)/t31-/m0/s1. The summed E-state index contributed by atoms with van der Waals surface area (Å²) in [7, 11) is 1.62. The molecule has 0 aromatic heterocycles. The minimum absolute atomic E-state index is 0.117. The first-order valence-electron chi connectivity index (χ1n) is 14.3. The molecule has 0 spiro atoms. The quantitative estimate of drug-likeness (QED) is 0.211. The fraction of sp³-hybridized carbons (Fsp3) is 0.394. The monoisotopic (exact) mass is 596 g/mol. The van der Waals surface area contributed by atoms with Crippen LogP contribution in [-0.4, -0.2) is 42.5 Å². The van der Waals surface area contributed by atoms with Crippen molar-refractivity contribution in [2.24, 2.45) is 0 Å². The summed E-state index contributed by atoms with van der Waals surface area (Å²) in [5.74, 6) is 1.22. The van der Waals surface area contributed by atoms with Crippen molar-refractivity contribution in [2.45, 2.75) is 70.0 Å². The molecule has 4 rings (SSSR count). The van der Waals surface area contributed by atoms with Crippen molar-refractivity contribution in [1.29, 1.82) is 0 Å². The van der Waals surface area contributed by atoms with E-state index in [2.05, 4.69) is 5.32 Å². The van der Waals surface area contributed by atoms with Gasteiger partial charge in [0.05, 0.1) is 23.8 Å². The molecule has 1 aliphatic carbocycles. The van der Waals surface area contributed by atoms with Crippen molar-refractivity contribution in [3.8, 4) is 11.5 Å². The highest BCUT2D eigenvalue weighted by molar-refractivity contribution is 6.42. The number of halogens is 2. The van der Waals surface area contributed by atoms with Crippen LogP contribution in [0.3, 0.4) is 0 Å². The molecule has 2 amide bonds. The van der Waals surface area contributed by atoms with Gasteiger partial charge in [-0.25, -0.2) is 0 Å². The smallest absolute Gasteiger partial charge is 0.243 e. The SMILES string of the molecule is COc1ccc(OCCCC(=O)N(Cc2ccc(Cl)c(Cl)c2)[C@@H](Cc2ccccc2)C(=O)NC2CCCCC2)cc1. The molecule has 6 nitrogen and oxygen atoms in total. The number of benzene rings is 3. The second-order valence-electron chi connectivity index (χ2n) is 10.4. The van der Waals surface area contributed by atoms with E-state index in [0.29, 0.717) is 35.2 Å². The van der Waals surface area contributed by atoms with Crippen molar-refractivity contribution < 1.29 is 19.1 Å². The van der Waals surface area contributed by atoms with E-state index >= 15 is 0 Å². The van der Waals surface area contributed by atoms with E-state index in [1.807, 2.05) is 60.7 Å². The Morgan fingerprint density at radius 3 is 2.29 bits per heavy atom. The molecular weight excluding hydrogens is 559 g/mol. The molecule has 1 aliphatic rings. The Morgan fingerprint density at radius 2 is 1.61 bits per heavy atom. The number of hydrogen-bond donors (Lipinski definition) is 1. The Kier molecular flexibility index (Phi) is 11.8. The first kappa shape index (κ1) is 30.7. The summed E-state index contributed by atoms with van der Waals surface area (Å²) in [4.78, 5) is 29.4. The highest BCUT2D eigenvalue weighted by Gasteiger charge is 2.31. The summed E-state index contributed by atoms with van der Waals surface area (Å²) >= 11 is 12.5. The van der Waals surface area contributed by atoms with E-state index in [4.69, 9.17) is 32.7 Å². The highest BCUT2D eigenvalue weighted by Crippen LogP contribution is 2.25. The molecule has 0 radical (unpaired) electrons. The first-order chi connectivity index (χ1) is 19.9. The fourth-order valence-corrected chi connectivity index (χ4v) is 5.48. The van der Waals surface area contributed by atoms with Crippen molar-refractivity contribution in [3.05, 3.63) is 94.0 Å². The van der Waals surface area contributed by atoms with Crippen molar-refractivity contribution in [3.63, 3.8) is 0 Å². The number of nitrogens with zero attached hydrogens (tertiary/aromatic N) is 1. The summed E-state index contributed by atoms with van der Waals surface area (Å²) in [6.45, 7) is 0.612. The van der Waals surface area contributed by atoms with Gasteiger partial charge in [-0.1, -0.05) is 78.9 Å². The Balaban J connectivity index is 1.52. The first-order valence-corrected chi connectivity index (χ1v) is 15.0. The summed E-state index contributed by atoms with van der Waals surface area (Å²) in [5, 5.41) is 4.12. The lowest BCUT2D eigenvalue weighted by Crippen LogP contribution is -2.52. The van der Waals surface area contributed by atoms with Crippen LogP contribution in [0.15, 0.2) is 72.8 Å². The molecule has 0 aliphatic heterocycles. The number of rotatable bonds is 13. The minimum atomic E-state index is -0.677. The molecule has 1 fully saturated rings. The normalized spacial score (nSPS) is 14.2. The van der Waals surface area contributed by atoms with Crippen LogP contribution in [0, 0.1) is 0 Å². The third kappa shape index (κ3) is 9.40. The summed E-state index contributed by atoms with van der Waals surface area (Å²) < 4.78 is 11.0. The number of nitrogens with one attached hydrogen (secondary N) is 1. The average molecular weight is 598 g/mol. The lowest BCUT2D eigenvalue weighted by atomic mass is 9.94. The van der Waals surface area contributed by atoms with Gasteiger partial charge in [-0.2, -0.15) is 0 Å². The average Bonchev–Trinajstić information content (AvgIpc) is 3.00. The molecule has 0 bridgehead atoms. The largest absolute Gasteiger partial charge is 0.497 e. The lowest BCUT2D eigenvalue weighted by molar-refractivity contribution is -0.141. The number of ether oxygens (including phenoxy) is 2. The second-order valence-corrected chi connectivity index (χ2v) is 11.3. The second kappa shape index (κ2) is 15.7. The number of carbonyl (C=O) groups is 2. The Bertz CT molecular complexity index is 1260.